The van der Waals surface area contributed by atoms with E-state index in [1.807, 2.05) is 12.1 Å². The van der Waals surface area contributed by atoms with E-state index in [9.17, 15) is 4.79 Å². The van der Waals surface area contributed by atoms with E-state index < -0.39 is 0 Å². The van der Waals surface area contributed by atoms with Crippen LogP contribution in [0.2, 0.25) is 0 Å². The molecule has 9 nitrogen and oxygen atoms in total. The van der Waals surface area contributed by atoms with Gasteiger partial charge in [0, 0.05) is 55.4 Å². The molecule has 3 N–H and O–H groups in total. The van der Waals surface area contributed by atoms with Crippen LogP contribution in [0.3, 0.4) is 0 Å². The summed E-state index contributed by atoms with van der Waals surface area (Å²) >= 11 is 0. The lowest BCUT2D eigenvalue weighted by atomic mass is 10.2. The van der Waals surface area contributed by atoms with Gasteiger partial charge in [-0.25, -0.2) is 14.8 Å². The summed E-state index contributed by atoms with van der Waals surface area (Å²) in [6.45, 7) is 4.18. The van der Waals surface area contributed by atoms with Crippen molar-refractivity contribution in [3.63, 3.8) is 0 Å². The molecule has 168 valence electrons. The van der Waals surface area contributed by atoms with Crippen LogP contribution in [0, 0.1) is 12.3 Å². The van der Waals surface area contributed by atoms with E-state index in [-0.39, 0.29) is 12.1 Å². The average molecular weight is 443 g/mol. The van der Waals surface area contributed by atoms with Crippen LogP contribution >= 0.6 is 0 Å². The molecular weight excluding hydrogens is 416 g/mol. The molecule has 1 aliphatic carbocycles. The number of anilines is 4. The van der Waals surface area contributed by atoms with Gasteiger partial charge >= 0.3 is 6.03 Å². The zero-order valence-corrected chi connectivity index (χ0v) is 18.5. The molecule has 2 amide bonds. The van der Waals surface area contributed by atoms with Crippen molar-refractivity contribution in [2.75, 3.05) is 48.8 Å². The molecule has 1 aromatic carbocycles. The minimum atomic E-state index is -0.292. The summed E-state index contributed by atoms with van der Waals surface area (Å²) in [7, 11) is 2.15. The lowest BCUT2D eigenvalue weighted by Gasteiger charge is -2.34. The van der Waals surface area contributed by atoms with E-state index in [1.54, 1.807) is 12.3 Å². The lowest BCUT2D eigenvalue weighted by Crippen LogP contribution is -2.44. The topological polar surface area (TPSA) is 98.3 Å². The number of hydrogen-bond donors (Lipinski definition) is 3. The minimum Gasteiger partial charge on any atom is -0.369 e. The molecule has 2 aliphatic rings. The Kier molecular flexibility index (Phi) is 5.67. The third-order valence-corrected chi connectivity index (χ3v) is 5.87. The summed E-state index contributed by atoms with van der Waals surface area (Å²) in [5.41, 5.74) is 3.07. The first-order valence-electron chi connectivity index (χ1n) is 11.1. The van der Waals surface area contributed by atoms with Crippen LogP contribution in [0.1, 0.15) is 18.4 Å². The minimum absolute atomic E-state index is 0.248. The van der Waals surface area contributed by atoms with E-state index in [0.717, 1.165) is 44.7 Å². The van der Waals surface area contributed by atoms with Gasteiger partial charge in [-0.05, 0) is 50.2 Å². The standard InChI is InChI=1S/C24H26N8O/c1-3-16-14-21(29-24(33)27-18-4-5-18)28-22-20(16)15-25-23(30-22)26-17-6-8-19(9-7-17)32-12-10-31(2)11-13-32/h1,6-9,14-15,18H,4-5,10-13H2,2H3,(H3,25,26,27,28,29,30,33). The number of likely N-dealkylation sites (N-methyl/N-ethyl adjacent to an activating group) is 1. The summed E-state index contributed by atoms with van der Waals surface area (Å²) in [6, 6.07) is 9.85. The highest BCUT2D eigenvalue weighted by molar-refractivity contribution is 5.91. The first-order chi connectivity index (χ1) is 16.1. The Morgan fingerprint density at radius 3 is 2.58 bits per heavy atom. The van der Waals surface area contributed by atoms with Gasteiger partial charge in [-0.3, -0.25) is 5.32 Å². The molecule has 3 heterocycles. The molecular formula is C24H26N8O. The number of rotatable bonds is 5. The van der Waals surface area contributed by atoms with Crippen molar-refractivity contribution in [3.05, 3.63) is 42.1 Å². The highest BCUT2D eigenvalue weighted by Gasteiger charge is 2.23. The summed E-state index contributed by atoms with van der Waals surface area (Å²) in [5, 5.41) is 9.49. The summed E-state index contributed by atoms with van der Waals surface area (Å²) in [5.74, 6) is 3.39. The van der Waals surface area contributed by atoms with Crippen LogP contribution in [-0.4, -0.2) is 65.2 Å². The Morgan fingerprint density at radius 2 is 1.88 bits per heavy atom. The van der Waals surface area contributed by atoms with Crippen molar-refractivity contribution >= 4 is 40.2 Å². The predicted octanol–water partition coefficient (Wildman–Crippen LogP) is 2.79. The zero-order valence-electron chi connectivity index (χ0n) is 18.5. The molecule has 2 aromatic heterocycles. The van der Waals surface area contributed by atoms with Gasteiger partial charge in [-0.15, -0.1) is 6.42 Å². The third kappa shape index (κ3) is 4.96. The number of pyridine rings is 1. The van der Waals surface area contributed by atoms with Gasteiger partial charge in [0.1, 0.15) is 5.82 Å². The van der Waals surface area contributed by atoms with Gasteiger partial charge in [-0.2, -0.15) is 4.98 Å². The highest BCUT2D eigenvalue weighted by atomic mass is 16.2. The fourth-order valence-corrected chi connectivity index (χ4v) is 3.77. The maximum absolute atomic E-state index is 12.1. The van der Waals surface area contributed by atoms with Gasteiger partial charge in [0.15, 0.2) is 5.65 Å². The molecule has 1 saturated carbocycles. The van der Waals surface area contributed by atoms with E-state index in [0.29, 0.717) is 28.4 Å². The Balaban J connectivity index is 1.32. The molecule has 1 saturated heterocycles. The molecule has 0 atom stereocenters. The van der Waals surface area contributed by atoms with E-state index >= 15 is 0 Å². The van der Waals surface area contributed by atoms with Crippen molar-refractivity contribution in [2.24, 2.45) is 0 Å². The maximum Gasteiger partial charge on any atom is 0.320 e. The maximum atomic E-state index is 12.1. The van der Waals surface area contributed by atoms with E-state index in [2.05, 4.69) is 65.8 Å². The van der Waals surface area contributed by atoms with Crippen molar-refractivity contribution in [3.8, 4) is 12.3 Å². The molecule has 5 rings (SSSR count). The number of benzene rings is 1. The Hall–Kier alpha value is -3.90. The smallest absolute Gasteiger partial charge is 0.320 e. The van der Waals surface area contributed by atoms with Crippen molar-refractivity contribution in [1.82, 2.24) is 25.2 Å². The van der Waals surface area contributed by atoms with Crippen LogP contribution in [0.25, 0.3) is 11.0 Å². The number of carbonyl (C=O) groups excluding carboxylic acids is 1. The van der Waals surface area contributed by atoms with Crippen LogP contribution in [0.15, 0.2) is 36.5 Å². The number of piperazine rings is 1. The molecule has 0 unspecified atom stereocenters. The van der Waals surface area contributed by atoms with Gasteiger partial charge in [-0.1, -0.05) is 5.92 Å². The average Bonchev–Trinajstić information content (AvgIpc) is 3.63. The largest absolute Gasteiger partial charge is 0.369 e. The van der Waals surface area contributed by atoms with Crippen molar-refractivity contribution < 1.29 is 4.79 Å². The first-order valence-corrected chi connectivity index (χ1v) is 11.1. The second kappa shape index (κ2) is 8.92. The Bertz CT molecular complexity index is 1210. The molecule has 0 radical (unpaired) electrons. The van der Waals surface area contributed by atoms with Gasteiger partial charge in [0.2, 0.25) is 5.95 Å². The molecule has 9 heteroatoms. The molecule has 33 heavy (non-hydrogen) atoms. The molecule has 1 aliphatic heterocycles. The second-order valence-electron chi connectivity index (χ2n) is 8.47. The zero-order chi connectivity index (χ0) is 22.8. The fourth-order valence-electron chi connectivity index (χ4n) is 3.77. The summed E-state index contributed by atoms with van der Waals surface area (Å²) in [6.07, 6.45) is 9.33. The van der Waals surface area contributed by atoms with E-state index in [1.165, 1.54) is 5.69 Å². The van der Waals surface area contributed by atoms with Crippen molar-refractivity contribution in [1.29, 1.82) is 0 Å². The first kappa shape index (κ1) is 21.0. The summed E-state index contributed by atoms with van der Waals surface area (Å²) < 4.78 is 0. The number of amides is 2. The number of nitrogens with zero attached hydrogens (tertiary/aromatic N) is 5. The Morgan fingerprint density at radius 1 is 1.12 bits per heavy atom. The molecule has 2 fully saturated rings. The molecule has 0 spiro atoms. The van der Waals surface area contributed by atoms with Crippen LogP contribution in [0.4, 0.5) is 27.9 Å². The fraction of sp³-hybridized carbons (Fsp3) is 0.333. The normalized spacial score (nSPS) is 16.3. The lowest BCUT2D eigenvalue weighted by molar-refractivity contribution is 0.251. The number of urea groups is 1. The highest BCUT2D eigenvalue weighted by Crippen LogP contribution is 2.24. The molecule has 3 aromatic rings. The third-order valence-electron chi connectivity index (χ3n) is 5.87. The number of aromatic nitrogens is 3. The SMILES string of the molecule is C#Cc1cc(NC(=O)NC2CC2)nc2nc(Nc3ccc(N4CCN(C)CC4)cc3)ncc12. The number of nitrogens with one attached hydrogen (secondary N) is 3. The Labute approximate surface area is 192 Å². The number of carbonyl (C=O) groups is 1. The summed E-state index contributed by atoms with van der Waals surface area (Å²) in [4.78, 5) is 30.2. The van der Waals surface area contributed by atoms with Gasteiger partial charge < -0.3 is 20.4 Å². The number of hydrogen-bond acceptors (Lipinski definition) is 7. The quantitative estimate of drug-likeness (QED) is 0.523. The molecule has 0 bridgehead atoms. The number of fused-ring (bicyclic) bond motifs is 1. The van der Waals surface area contributed by atoms with E-state index in [4.69, 9.17) is 6.42 Å². The second-order valence-corrected chi connectivity index (χ2v) is 8.47. The number of terminal acetylenes is 1. The van der Waals surface area contributed by atoms with Crippen LogP contribution in [-0.2, 0) is 0 Å². The monoisotopic (exact) mass is 442 g/mol. The van der Waals surface area contributed by atoms with Crippen LogP contribution < -0.4 is 20.9 Å². The van der Waals surface area contributed by atoms with Gasteiger partial charge in [0.25, 0.3) is 0 Å². The van der Waals surface area contributed by atoms with Crippen molar-refractivity contribution in [2.45, 2.75) is 18.9 Å². The van der Waals surface area contributed by atoms with Crippen LogP contribution in [0.5, 0.6) is 0 Å². The van der Waals surface area contributed by atoms with Gasteiger partial charge in [0.05, 0.1) is 5.39 Å². The predicted molar refractivity (Wildman–Crippen MR) is 130 cm³/mol.